The highest BCUT2D eigenvalue weighted by Crippen LogP contribution is 2.19. The van der Waals surface area contributed by atoms with E-state index in [-0.39, 0.29) is 22.7 Å². The number of hydrogen-bond donors (Lipinski definition) is 3. The van der Waals surface area contributed by atoms with Gasteiger partial charge in [-0.05, 0) is 24.3 Å². The Labute approximate surface area is 141 Å². The zero-order chi connectivity index (χ0) is 18.1. The van der Waals surface area contributed by atoms with Crippen LogP contribution in [-0.2, 0) is 0 Å². The Morgan fingerprint density at radius 3 is 2.52 bits per heavy atom. The summed E-state index contributed by atoms with van der Waals surface area (Å²) in [4.78, 5) is 32.2. The van der Waals surface area contributed by atoms with E-state index in [1.54, 1.807) is 31.2 Å². The molecule has 0 radical (unpaired) electrons. The van der Waals surface area contributed by atoms with E-state index in [0.717, 1.165) is 0 Å². The Balaban J connectivity index is 2.34. The second-order valence-corrected chi connectivity index (χ2v) is 5.50. The van der Waals surface area contributed by atoms with Crippen molar-refractivity contribution in [2.75, 3.05) is 19.5 Å². The molecule has 128 valence electrons. The molecule has 9 heteroatoms. The maximum Gasteiger partial charge on any atom is 0.341 e. The molecule has 0 aliphatic carbocycles. The molecule has 0 saturated carbocycles. The number of carbonyl (C=O) groups is 1. The lowest BCUT2D eigenvalue weighted by molar-refractivity contribution is 0.0695. The van der Waals surface area contributed by atoms with Crippen LogP contribution in [0, 0.1) is 0 Å². The summed E-state index contributed by atoms with van der Waals surface area (Å²) in [5.74, 6) is -1.01. The molecule has 3 aromatic rings. The van der Waals surface area contributed by atoms with Crippen LogP contribution in [-0.4, -0.2) is 49.8 Å². The number of anilines is 1. The van der Waals surface area contributed by atoms with Crippen molar-refractivity contribution in [2.24, 2.45) is 0 Å². The molecule has 0 spiro atoms. The van der Waals surface area contributed by atoms with Gasteiger partial charge in [-0.1, -0.05) is 0 Å². The van der Waals surface area contributed by atoms with Gasteiger partial charge in [-0.3, -0.25) is 10.2 Å². The predicted molar refractivity (Wildman–Crippen MR) is 91.1 cm³/mol. The molecule has 0 unspecified atom stereocenters. The van der Waals surface area contributed by atoms with Crippen LogP contribution in [0.2, 0.25) is 0 Å². The van der Waals surface area contributed by atoms with Gasteiger partial charge >= 0.3 is 5.97 Å². The molecule has 0 atom stereocenters. The van der Waals surface area contributed by atoms with E-state index in [4.69, 9.17) is 0 Å². The highest BCUT2D eigenvalue weighted by Gasteiger charge is 2.17. The minimum atomic E-state index is -1.34. The standard InChI is InChI=1S/C16H15N5O4/c1-20(2)19-16-17-7-11-13(23)12(15(24)25)8-21(14(11)18-16)9-3-5-10(22)6-4-9/h3-8,22H,1-2H3,(H,24,25)(H,17,18,19). The molecule has 0 aliphatic heterocycles. The Kier molecular flexibility index (Phi) is 4.07. The molecule has 9 nitrogen and oxygen atoms in total. The number of aromatic nitrogens is 3. The van der Waals surface area contributed by atoms with Crippen LogP contribution < -0.4 is 10.9 Å². The van der Waals surface area contributed by atoms with Crippen LogP contribution in [0.3, 0.4) is 0 Å². The summed E-state index contributed by atoms with van der Waals surface area (Å²) in [6.07, 6.45) is 2.51. The molecule has 0 aliphatic rings. The molecule has 0 saturated heterocycles. The Hall–Kier alpha value is -3.46. The Morgan fingerprint density at radius 1 is 1.24 bits per heavy atom. The first kappa shape index (κ1) is 16.4. The van der Waals surface area contributed by atoms with E-state index in [9.17, 15) is 19.8 Å². The van der Waals surface area contributed by atoms with E-state index in [1.807, 2.05) is 0 Å². The number of nitrogens with one attached hydrogen (secondary N) is 1. The number of pyridine rings is 1. The highest BCUT2D eigenvalue weighted by molar-refractivity contribution is 5.92. The number of aromatic hydroxyl groups is 1. The molecule has 0 amide bonds. The number of hydrogen-bond acceptors (Lipinski definition) is 7. The number of fused-ring (bicyclic) bond motifs is 1. The smallest absolute Gasteiger partial charge is 0.341 e. The first-order valence-corrected chi connectivity index (χ1v) is 7.26. The summed E-state index contributed by atoms with van der Waals surface area (Å²) in [5, 5.41) is 20.5. The van der Waals surface area contributed by atoms with E-state index in [0.29, 0.717) is 5.69 Å². The molecule has 0 bridgehead atoms. The molecule has 3 rings (SSSR count). The monoisotopic (exact) mass is 341 g/mol. The van der Waals surface area contributed by atoms with Crippen LogP contribution in [0.1, 0.15) is 10.4 Å². The van der Waals surface area contributed by atoms with Crippen molar-refractivity contribution >= 4 is 23.0 Å². The van der Waals surface area contributed by atoms with Gasteiger partial charge in [0.1, 0.15) is 11.3 Å². The number of hydrazine groups is 1. The fourth-order valence-electron chi connectivity index (χ4n) is 2.33. The molecule has 2 aromatic heterocycles. The zero-order valence-electron chi connectivity index (χ0n) is 13.5. The van der Waals surface area contributed by atoms with Gasteiger partial charge in [0.2, 0.25) is 11.4 Å². The molecular weight excluding hydrogens is 326 g/mol. The number of carboxylic acid groups (broad SMARTS) is 1. The topological polar surface area (TPSA) is 121 Å². The minimum Gasteiger partial charge on any atom is -0.508 e. The normalized spacial score (nSPS) is 11.0. The largest absolute Gasteiger partial charge is 0.508 e. The Morgan fingerprint density at radius 2 is 1.92 bits per heavy atom. The quantitative estimate of drug-likeness (QED) is 0.603. The lowest BCUT2D eigenvalue weighted by atomic mass is 10.2. The van der Waals surface area contributed by atoms with Crippen LogP contribution in [0.5, 0.6) is 5.75 Å². The van der Waals surface area contributed by atoms with Gasteiger partial charge in [0.15, 0.2) is 5.65 Å². The van der Waals surface area contributed by atoms with Crippen molar-refractivity contribution in [1.82, 2.24) is 19.5 Å². The third-order valence-electron chi connectivity index (χ3n) is 3.43. The number of benzene rings is 1. The minimum absolute atomic E-state index is 0.0668. The Bertz CT molecular complexity index is 1010. The lowest BCUT2D eigenvalue weighted by Gasteiger charge is -2.15. The number of rotatable bonds is 4. The third kappa shape index (κ3) is 3.12. The number of nitrogens with zero attached hydrogens (tertiary/aromatic N) is 4. The molecular formula is C16H15N5O4. The van der Waals surface area contributed by atoms with Crippen molar-refractivity contribution < 1.29 is 15.0 Å². The number of phenolic OH excluding ortho intramolecular Hbond substituents is 1. The first-order chi connectivity index (χ1) is 11.9. The molecule has 2 heterocycles. The SMILES string of the molecule is CN(C)Nc1ncc2c(=O)c(C(=O)O)cn(-c3ccc(O)cc3)c2n1. The lowest BCUT2D eigenvalue weighted by Crippen LogP contribution is -2.23. The van der Waals surface area contributed by atoms with Crippen molar-refractivity contribution in [3.05, 3.63) is 52.4 Å². The fraction of sp³-hybridized carbons (Fsp3) is 0.125. The van der Waals surface area contributed by atoms with Crippen LogP contribution in [0.25, 0.3) is 16.7 Å². The summed E-state index contributed by atoms with van der Waals surface area (Å²) < 4.78 is 1.47. The van der Waals surface area contributed by atoms with Gasteiger partial charge in [-0.25, -0.2) is 14.8 Å². The van der Waals surface area contributed by atoms with Crippen molar-refractivity contribution in [3.8, 4) is 11.4 Å². The maximum absolute atomic E-state index is 12.4. The van der Waals surface area contributed by atoms with Gasteiger partial charge in [0.05, 0.1) is 5.39 Å². The predicted octanol–water partition coefficient (Wildman–Crippen LogP) is 1.07. The van der Waals surface area contributed by atoms with Crippen molar-refractivity contribution in [3.63, 3.8) is 0 Å². The second-order valence-electron chi connectivity index (χ2n) is 5.50. The summed E-state index contributed by atoms with van der Waals surface area (Å²) in [5.41, 5.74) is 2.62. The van der Waals surface area contributed by atoms with Crippen LogP contribution >= 0.6 is 0 Å². The maximum atomic E-state index is 12.4. The van der Waals surface area contributed by atoms with E-state index in [2.05, 4.69) is 15.4 Å². The molecule has 0 fully saturated rings. The summed E-state index contributed by atoms with van der Waals surface area (Å²) in [6, 6.07) is 6.10. The van der Waals surface area contributed by atoms with E-state index in [1.165, 1.54) is 29.1 Å². The summed E-state index contributed by atoms with van der Waals surface area (Å²) >= 11 is 0. The zero-order valence-corrected chi connectivity index (χ0v) is 13.5. The van der Waals surface area contributed by atoms with Gasteiger partial charge in [-0.2, -0.15) is 4.98 Å². The molecule has 1 aromatic carbocycles. The summed E-state index contributed by atoms with van der Waals surface area (Å²) in [7, 11) is 3.52. The number of phenols is 1. The van der Waals surface area contributed by atoms with Crippen molar-refractivity contribution in [2.45, 2.75) is 0 Å². The van der Waals surface area contributed by atoms with Gasteiger partial charge in [-0.15, -0.1) is 0 Å². The third-order valence-corrected chi connectivity index (χ3v) is 3.43. The average molecular weight is 341 g/mol. The number of carboxylic acids is 1. The van der Waals surface area contributed by atoms with E-state index >= 15 is 0 Å². The van der Waals surface area contributed by atoms with Crippen LogP contribution in [0.15, 0.2) is 41.5 Å². The molecule has 25 heavy (non-hydrogen) atoms. The first-order valence-electron chi connectivity index (χ1n) is 7.26. The number of aromatic carboxylic acids is 1. The average Bonchev–Trinajstić information content (AvgIpc) is 2.55. The fourth-order valence-corrected chi connectivity index (χ4v) is 2.33. The second kappa shape index (κ2) is 6.21. The highest BCUT2D eigenvalue weighted by atomic mass is 16.4. The van der Waals surface area contributed by atoms with Gasteiger partial charge in [0, 0.05) is 32.2 Å². The molecule has 3 N–H and O–H groups in total. The van der Waals surface area contributed by atoms with E-state index < -0.39 is 17.0 Å². The van der Waals surface area contributed by atoms with Gasteiger partial charge < -0.3 is 14.8 Å². The summed E-state index contributed by atoms with van der Waals surface area (Å²) in [6.45, 7) is 0. The van der Waals surface area contributed by atoms with Crippen molar-refractivity contribution in [1.29, 1.82) is 0 Å². The van der Waals surface area contributed by atoms with Crippen LogP contribution in [0.4, 0.5) is 5.95 Å². The van der Waals surface area contributed by atoms with Gasteiger partial charge in [0.25, 0.3) is 0 Å².